The van der Waals surface area contributed by atoms with Crippen LogP contribution in [0, 0.1) is 0 Å². The summed E-state index contributed by atoms with van der Waals surface area (Å²) in [5.74, 6) is 0.706. The molecule has 0 saturated carbocycles. The lowest BCUT2D eigenvalue weighted by Crippen LogP contribution is -2.96. The van der Waals surface area contributed by atoms with E-state index in [0.29, 0.717) is 5.96 Å². The molecule has 0 atom stereocenters. The molecule has 0 aliphatic rings. The number of hydrogen-bond acceptors (Lipinski definition) is 1. The molecular weight excluding hydrogens is 352 g/mol. The molecule has 1 aromatic rings. The molecule has 0 bridgehead atoms. The smallest absolute Gasteiger partial charge is 0.227 e. The van der Waals surface area contributed by atoms with Crippen molar-refractivity contribution in [3.05, 3.63) is 27.7 Å². The summed E-state index contributed by atoms with van der Waals surface area (Å²) in [6.07, 6.45) is -4.48. The van der Waals surface area contributed by atoms with Crippen molar-refractivity contribution in [1.82, 2.24) is 5.32 Å². The van der Waals surface area contributed by atoms with Crippen LogP contribution in [-0.4, -0.2) is 31.7 Å². The third-order valence-electron chi connectivity index (χ3n) is 2.46. The number of nitrogen functional groups attached to an aromatic ring is 1. The normalized spacial score (nSPS) is 10.7. The van der Waals surface area contributed by atoms with E-state index in [-0.39, 0.29) is 28.1 Å². The Balaban J connectivity index is 0.00000400. The van der Waals surface area contributed by atoms with Crippen molar-refractivity contribution in [3.63, 3.8) is 0 Å². The van der Waals surface area contributed by atoms with E-state index in [1.54, 1.807) is 31.1 Å². The molecule has 21 heavy (non-hydrogen) atoms. The Bertz CT molecular complexity index is 505. The molecule has 1 rings (SSSR count). The Morgan fingerprint density at radius 2 is 1.67 bits per heavy atom. The molecule has 0 amide bonds. The van der Waals surface area contributed by atoms with Crippen molar-refractivity contribution in [2.45, 2.75) is 6.18 Å². The summed E-state index contributed by atoms with van der Waals surface area (Å²) < 4.78 is 39.5. The third-order valence-corrected chi connectivity index (χ3v) is 3.06. The fourth-order valence-electron chi connectivity index (χ4n) is 1.44. The fourth-order valence-corrected chi connectivity index (χ4v) is 2.04. The first-order valence-electron chi connectivity index (χ1n) is 5.54. The number of nitrogens with zero attached hydrogens (tertiary/aromatic N) is 1. The Morgan fingerprint density at radius 1 is 1.19 bits per heavy atom. The highest BCUT2D eigenvalue weighted by Gasteiger charge is 2.32. The summed E-state index contributed by atoms with van der Waals surface area (Å²) in [6, 6.07) is 1.66. The number of halogens is 6. The highest BCUT2D eigenvalue weighted by molar-refractivity contribution is 6.39. The fraction of sp³-hybridized carbons (Fsp3) is 0.364. The average molecular weight is 368 g/mol. The molecule has 0 aliphatic carbocycles. The van der Waals surface area contributed by atoms with Gasteiger partial charge in [-0.1, -0.05) is 23.2 Å². The van der Waals surface area contributed by atoms with E-state index in [0.717, 1.165) is 12.1 Å². The van der Waals surface area contributed by atoms with E-state index in [4.69, 9.17) is 23.2 Å². The van der Waals surface area contributed by atoms with Gasteiger partial charge in [-0.15, -0.1) is 17.8 Å². The Hall–Kier alpha value is -0.890. The third kappa shape index (κ3) is 5.43. The first-order chi connectivity index (χ1) is 9.16. The van der Waals surface area contributed by atoms with E-state index in [2.05, 4.69) is 10.7 Å². The molecule has 4 nitrogen and oxygen atoms in total. The molecule has 120 valence electrons. The Morgan fingerprint density at radius 3 is 2.00 bits per heavy atom. The van der Waals surface area contributed by atoms with Gasteiger partial charge in [-0.05, 0) is 12.1 Å². The molecule has 0 heterocycles. The second kappa shape index (κ2) is 7.93. The number of nitrogens with one attached hydrogen (secondary N) is 2. The van der Waals surface area contributed by atoms with Crippen molar-refractivity contribution >= 4 is 47.3 Å². The van der Waals surface area contributed by atoms with Crippen molar-refractivity contribution in [2.75, 3.05) is 26.6 Å². The lowest BCUT2D eigenvalue weighted by Gasteiger charge is -2.12. The van der Waals surface area contributed by atoms with E-state index in [9.17, 15) is 13.2 Å². The summed E-state index contributed by atoms with van der Waals surface area (Å²) in [6.45, 7) is 0. The van der Waals surface area contributed by atoms with Gasteiger partial charge in [-0.3, -0.25) is 0 Å². The van der Waals surface area contributed by atoms with Crippen LogP contribution in [0.25, 0.3) is 0 Å². The summed E-state index contributed by atoms with van der Waals surface area (Å²) in [7, 11) is 5.32. The van der Waals surface area contributed by atoms with Gasteiger partial charge in [-0.2, -0.15) is 13.2 Å². The summed E-state index contributed by atoms with van der Waals surface area (Å²) in [4.78, 5) is 0. The maximum atomic E-state index is 12.6. The van der Waals surface area contributed by atoms with Crippen LogP contribution in [-0.2, 0) is 6.18 Å². The van der Waals surface area contributed by atoms with Gasteiger partial charge in [0.25, 0.3) is 0 Å². The zero-order valence-electron chi connectivity index (χ0n) is 11.5. The number of nitrogens with two attached hydrogens (primary N) is 1. The number of rotatable bonds is 2. The lowest BCUT2D eigenvalue weighted by atomic mass is 10.2. The summed E-state index contributed by atoms with van der Waals surface area (Å²) in [5.41, 5.74) is 3.68. The number of quaternary nitrogens is 1. The van der Waals surface area contributed by atoms with Gasteiger partial charge >= 0.3 is 12.1 Å². The van der Waals surface area contributed by atoms with Crippen LogP contribution in [0.3, 0.4) is 0 Å². The zero-order valence-corrected chi connectivity index (χ0v) is 13.8. The summed E-state index contributed by atoms with van der Waals surface area (Å²) in [5, 5.41) is 2.70. The molecular formula is C11H16Cl3F3N4+2. The monoisotopic (exact) mass is 366 g/mol. The van der Waals surface area contributed by atoms with Crippen LogP contribution in [0.15, 0.2) is 12.1 Å². The molecule has 0 saturated heterocycles. The summed E-state index contributed by atoms with van der Waals surface area (Å²) >= 11 is 11.7. The van der Waals surface area contributed by atoms with Crippen molar-refractivity contribution in [2.24, 2.45) is 0 Å². The molecule has 0 unspecified atom stereocenters. The molecule has 0 spiro atoms. The minimum Gasteiger partial charge on any atom is -0.227 e. The quantitative estimate of drug-likeness (QED) is 0.247. The van der Waals surface area contributed by atoms with Gasteiger partial charge in [0.2, 0.25) is 0 Å². The molecule has 0 radical (unpaired) electrons. The average Bonchev–Trinajstić information content (AvgIpc) is 2.30. The number of guanidine groups is 1. The van der Waals surface area contributed by atoms with E-state index in [1.807, 2.05) is 0 Å². The molecule has 1 aromatic carbocycles. The minimum absolute atomic E-state index is 0. The molecule has 4 N–H and O–H groups in total. The van der Waals surface area contributed by atoms with E-state index < -0.39 is 11.7 Å². The van der Waals surface area contributed by atoms with Gasteiger partial charge in [0.15, 0.2) is 0 Å². The van der Waals surface area contributed by atoms with Crippen LogP contribution in [0.4, 0.5) is 18.9 Å². The molecule has 0 fully saturated rings. The first-order valence-corrected chi connectivity index (χ1v) is 6.30. The van der Waals surface area contributed by atoms with Gasteiger partial charge in [0, 0.05) is 0 Å². The predicted octanol–water partition coefficient (Wildman–Crippen LogP) is 2.17. The molecule has 0 aromatic heterocycles. The lowest BCUT2D eigenvalue weighted by molar-refractivity contribution is -0.599. The van der Waals surface area contributed by atoms with E-state index >= 15 is 0 Å². The van der Waals surface area contributed by atoms with E-state index in [1.165, 1.54) is 0 Å². The number of alkyl halides is 3. The topological polar surface area (TPSA) is 43.7 Å². The van der Waals surface area contributed by atoms with Crippen molar-refractivity contribution < 1.29 is 23.2 Å². The standard InChI is InChI=1S/C11H13Cl2F3N4.ClH/c1-17-10(20(2)3)19-18-9-7(12)4-6(5-8(9)13)11(14,15)16;/h4-5,18H,1-3H3,(H,17,19);1H/p+2. The van der Waals surface area contributed by atoms with Gasteiger partial charge in [0.1, 0.15) is 5.69 Å². The number of hydrogen-bond donors (Lipinski definition) is 3. The van der Waals surface area contributed by atoms with Crippen LogP contribution < -0.4 is 16.2 Å². The SMILES string of the molecule is CNC([NH2+]Nc1c(Cl)cc(C(F)(F)F)cc1Cl)=[N+](C)C.Cl. The van der Waals surface area contributed by atoms with Crippen LogP contribution in [0.5, 0.6) is 0 Å². The van der Waals surface area contributed by atoms with Crippen LogP contribution in [0.2, 0.25) is 10.0 Å². The highest BCUT2D eigenvalue weighted by Crippen LogP contribution is 2.37. The second-order valence-corrected chi connectivity index (χ2v) is 4.95. The predicted molar refractivity (Wildman–Crippen MR) is 80.4 cm³/mol. The van der Waals surface area contributed by atoms with Crippen molar-refractivity contribution in [1.29, 1.82) is 0 Å². The van der Waals surface area contributed by atoms with Gasteiger partial charge < -0.3 is 0 Å². The maximum Gasteiger partial charge on any atom is 0.464 e. The molecule has 10 heteroatoms. The Kier molecular flexibility index (Phi) is 7.60. The molecule has 0 aliphatic heterocycles. The Labute approximate surface area is 136 Å². The second-order valence-electron chi connectivity index (χ2n) is 4.13. The number of benzene rings is 1. The van der Waals surface area contributed by atoms with Crippen LogP contribution >= 0.6 is 35.6 Å². The zero-order chi connectivity index (χ0) is 15.5. The minimum atomic E-state index is -4.48. The first kappa shape index (κ1) is 20.1. The van der Waals surface area contributed by atoms with Crippen molar-refractivity contribution in [3.8, 4) is 0 Å². The van der Waals surface area contributed by atoms with Gasteiger partial charge in [-0.25, -0.2) is 15.3 Å². The van der Waals surface area contributed by atoms with Gasteiger partial charge in [0.05, 0.1) is 36.8 Å². The largest absolute Gasteiger partial charge is 0.464 e. The maximum absolute atomic E-state index is 12.6. The van der Waals surface area contributed by atoms with Crippen LogP contribution in [0.1, 0.15) is 5.56 Å². The highest BCUT2D eigenvalue weighted by atomic mass is 35.5. The number of anilines is 1.